The van der Waals surface area contributed by atoms with Crippen LogP contribution in [0, 0.1) is 13.8 Å². The van der Waals surface area contributed by atoms with Gasteiger partial charge in [0, 0.05) is 11.4 Å². The van der Waals surface area contributed by atoms with E-state index in [-0.39, 0.29) is 12.6 Å². The molecule has 132 valence electrons. The molecule has 0 aliphatic heterocycles. The first-order valence-electron chi connectivity index (χ1n) is 8.32. The zero-order valence-corrected chi connectivity index (χ0v) is 15.4. The third-order valence-electron chi connectivity index (χ3n) is 4.35. The summed E-state index contributed by atoms with van der Waals surface area (Å²) in [6.07, 6.45) is 1.65. The number of hydrogen-bond acceptors (Lipinski definition) is 5. The van der Waals surface area contributed by atoms with E-state index >= 15 is 0 Å². The summed E-state index contributed by atoms with van der Waals surface area (Å²) < 4.78 is 14.0. The fraction of sp³-hybridized carbons (Fsp3) is 0.200. The quantitative estimate of drug-likeness (QED) is 0.480. The number of benzene rings is 1. The van der Waals surface area contributed by atoms with Gasteiger partial charge in [-0.2, -0.15) is 0 Å². The molecule has 0 aliphatic rings. The van der Waals surface area contributed by atoms with Crippen LogP contribution in [0.15, 0.2) is 53.1 Å². The highest BCUT2D eigenvalue weighted by Crippen LogP contribution is 2.23. The highest BCUT2D eigenvalue weighted by molar-refractivity contribution is 7.18. The van der Waals surface area contributed by atoms with Gasteiger partial charge in [0.25, 0.3) is 0 Å². The van der Waals surface area contributed by atoms with Crippen molar-refractivity contribution in [2.24, 2.45) is 0 Å². The number of aromatic nitrogens is 2. The molecule has 0 saturated carbocycles. The lowest BCUT2D eigenvalue weighted by atomic mass is 10.2. The average molecular weight is 366 g/mol. The molecule has 5 nitrogen and oxygen atoms in total. The minimum absolute atomic E-state index is 0.181. The maximum atomic E-state index is 12.5. The standard InChI is InChI=1S/C20H18N2O3S/c1-13-10-16(14(2)22(13)11-15-6-5-9-24-15)20(23)25-12-19-21-17-7-3-4-8-18(17)26-19/h3-10H,11-12H2,1-2H3. The van der Waals surface area contributed by atoms with Crippen molar-refractivity contribution in [1.82, 2.24) is 9.55 Å². The molecule has 1 aromatic carbocycles. The Labute approximate surface area is 154 Å². The summed E-state index contributed by atoms with van der Waals surface area (Å²) in [5, 5.41) is 0.795. The molecule has 0 fully saturated rings. The van der Waals surface area contributed by atoms with Crippen LogP contribution in [0.4, 0.5) is 0 Å². The first-order valence-corrected chi connectivity index (χ1v) is 9.14. The average Bonchev–Trinajstić information content (AvgIpc) is 3.35. The lowest BCUT2D eigenvalue weighted by Crippen LogP contribution is -2.08. The normalized spacial score (nSPS) is 11.2. The smallest absolute Gasteiger partial charge is 0.340 e. The first kappa shape index (κ1) is 16.6. The van der Waals surface area contributed by atoms with Crippen molar-refractivity contribution >= 4 is 27.5 Å². The molecule has 3 aromatic heterocycles. The second-order valence-electron chi connectivity index (χ2n) is 6.10. The largest absolute Gasteiger partial charge is 0.467 e. The number of furan rings is 1. The van der Waals surface area contributed by atoms with Gasteiger partial charge in [-0.05, 0) is 44.2 Å². The number of para-hydroxylation sites is 1. The fourth-order valence-electron chi connectivity index (χ4n) is 3.00. The monoisotopic (exact) mass is 366 g/mol. The molecule has 0 bridgehead atoms. The van der Waals surface area contributed by atoms with E-state index in [2.05, 4.69) is 4.98 Å². The number of carbonyl (C=O) groups is 1. The Morgan fingerprint density at radius 2 is 2.08 bits per heavy atom. The molecule has 3 heterocycles. The number of nitrogens with zero attached hydrogens (tertiary/aromatic N) is 2. The van der Waals surface area contributed by atoms with E-state index in [4.69, 9.17) is 9.15 Å². The Morgan fingerprint density at radius 3 is 2.85 bits per heavy atom. The zero-order valence-electron chi connectivity index (χ0n) is 14.6. The topological polar surface area (TPSA) is 57.3 Å². The van der Waals surface area contributed by atoms with Crippen LogP contribution in [-0.2, 0) is 17.9 Å². The molecule has 26 heavy (non-hydrogen) atoms. The molecular weight excluding hydrogens is 348 g/mol. The highest BCUT2D eigenvalue weighted by Gasteiger charge is 2.18. The van der Waals surface area contributed by atoms with Crippen molar-refractivity contribution in [1.29, 1.82) is 0 Å². The van der Waals surface area contributed by atoms with Crippen molar-refractivity contribution in [3.05, 3.63) is 76.4 Å². The summed E-state index contributed by atoms with van der Waals surface area (Å²) in [5.41, 5.74) is 3.37. The maximum Gasteiger partial charge on any atom is 0.340 e. The molecule has 0 aliphatic carbocycles. The van der Waals surface area contributed by atoms with Gasteiger partial charge in [0.2, 0.25) is 0 Å². The van der Waals surface area contributed by atoms with Crippen LogP contribution in [0.2, 0.25) is 0 Å². The van der Waals surface area contributed by atoms with Crippen LogP contribution < -0.4 is 0 Å². The van der Waals surface area contributed by atoms with Crippen LogP contribution >= 0.6 is 11.3 Å². The van der Waals surface area contributed by atoms with Gasteiger partial charge in [0.15, 0.2) is 0 Å². The van der Waals surface area contributed by atoms with Crippen molar-refractivity contribution in [3.8, 4) is 0 Å². The Balaban J connectivity index is 1.49. The number of hydrogen-bond donors (Lipinski definition) is 0. The molecule has 4 rings (SSSR count). The van der Waals surface area contributed by atoms with Gasteiger partial charge in [-0.15, -0.1) is 11.3 Å². The van der Waals surface area contributed by atoms with E-state index < -0.39 is 0 Å². The maximum absolute atomic E-state index is 12.5. The molecule has 0 radical (unpaired) electrons. The SMILES string of the molecule is Cc1cc(C(=O)OCc2nc3ccccc3s2)c(C)n1Cc1ccco1. The number of rotatable bonds is 5. The second-order valence-corrected chi connectivity index (χ2v) is 7.22. The van der Waals surface area contributed by atoms with Gasteiger partial charge >= 0.3 is 5.97 Å². The predicted molar refractivity (Wildman–Crippen MR) is 100 cm³/mol. The van der Waals surface area contributed by atoms with Crippen molar-refractivity contribution in [2.45, 2.75) is 27.0 Å². The van der Waals surface area contributed by atoms with Crippen LogP contribution in [-0.4, -0.2) is 15.5 Å². The molecule has 0 N–H and O–H groups in total. The van der Waals surface area contributed by atoms with Gasteiger partial charge in [-0.25, -0.2) is 9.78 Å². The van der Waals surface area contributed by atoms with E-state index in [0.717, 1.165) is 32.4 Å². The number of ether oxygens (including phenoxy) is 1. The van der Waals surface area contributed by atoms with Crippen molar-refractivity contribution in [2.75, 3.05) is 0 Å². The number of esters is 1. The van der Waals surface area contributed by atoms with Gasteiger partial charge < -0.3 is 13.7 Å². The molecule has 6 heteroatoms. The van der Waals surface area contributed by atoms with Gasteiger partial charge in [-0.1, -0.05) is 12.1 Å². The Hall–Kier alpha value is -2.86. The molecule has 4 aromatic rings. The lowest BCUT2D eigenvalue weighted by Gasteiger charge is -2.08. The predicted octanol–water partition coefficient (Wildman–Crippen LogP) is 4.71. The third kappa shape index (κ3) is 3.15. The van der Waals surface area contributed by atoms with Gasteiger partial charge in [-0.3, -0.25) is 0 Å². The highest BCUT2D eigenvalue weighted by atomic mass is 32.1. The Kier molecular flexibility index (Phi) is 4.34. The lowest BCUT2D eigenvalue weighted by molar-refractivity contribution is 0.0471. The Morgan fingerprint density at radius 1 is 1.23 bits per heavy atom. The molecule has 0 saturated heterocycles. The van der Waals surface area contributed by atoms with E-state index in [1.807, 2.05) is 60.9 Å². The van der Waals surface area contributed by atoms with Crippen LogP contribution in [0.5, 0.6) is 0 Å². The van der Waals surface area contributed by atoms with Crippen molar-refractivity contribution < 1.29 is 13.9 Å². The number of carbonyl (C=O) groups excluding carboxylic acids is 1. The zero-order chi connectivity index (χ0) is 18.1. The van der Waals surface area contributed by atoms with E-state index in [1.165, 1.54) is 0 Å². The number of fused-ring (bicyclic) bond motifs is 1. The van der Waals surface area contributed by atoms with Gasteiger partial charge in [0.1, 0.15) is 17.4 Å². The van der Waals surface area contributed by atoms with E-state index in [1.54, 1.807) is 17.6 Å². The Bertz CT molecular complexity index is 1030. The minimum Gasteiger partial charge on any atom is -0.467 e. The third-order valence-corrected chi connectivity index (χ3v) is 5.36. The summed E-state index contributed by atoms with van der Waals surface area (Å²) in [6.45, 7) is 4.67. The van der Waals surface area contributed by atoms with E-state index in [0.29, 0.717) is 12.1 Å². The number of aryl methyl sites for hydroxylation is 1. The minimum atomic E-state index is -0.331. The summed E-state index contributed by atoms with van der Waals surface area (Å²) in [6, 6.07) is 13.5. The summed E-state index contributed by atoms with van der Waals surface area (Å²) in [5.74, 6) is 0.518. The van der Waals surface area contributed by atoms with Crippen LogP contribution in [0.1, 0.15) is 32.5 Å². The first-order chi connectivity index (χ1) is 12.6. The number of thiazole rings is 1. The van der Waals surface area contributed by atoms with Gasteiger partial charge in [0.05, 0.1) is 28.6 Å². The molecule has 0 amide bonds. The second kappa shape index (κ2) is 6.80. The summed E-state index contributed by atoms with van der Waals surface area (Å²) >= 11 is 1.54. The fourth-order valence-corrected chi connectivity index (χ4v) is 3.88. The van der Waals surface area contributed by atoms with E-state index in [9.17, 15) is 4.79 Å². The molecule has 0 unspecified atom stereocenters. The summed E-state index contributed by atoms with van der Waals surface area (Å²) in [4.78, 5) is 17.0. The molecule has 0 spiro atoms. The van der Waals surface area contributed by atoms with Crippen LogP contribution in [0.25, 0.3) is 10.2 Å². The molecular formula is C20H18N2O3S. The summed E-state index contributed by atoms with van der Waals surface area (Å²) in [7, 11) is 0. The van der Waals surface area contributed by atoms with Crippen LogP contribution in [0.3, 0.4) is 0 Å². The molecule has 0 atom stereocenters. The van der Waals surface area contributed by atoms with Crippen molar-refractivity contribution in [3.63, 3.8) is 0 Å².